The Balaban J connectivity index is 1.65. The van der Waals surface area contributed by atoms with Gasteiger partial charge in [0.15, 0.2) is 0 Å². The number of hydrogen-bond donors (Lipinski definition) is 1. The van der Waals surface area contributed by atoms with Crippen LogP contribution in [-0.2, 0) is 0 Å². The van der Waals surface area contributed by atoms with Crippen molar-refractivity contribution in [3.8, 4) is 0 Å². The van der Waals surface area contributed by atoms with E-state index in [1.54, 1.807) is 0 Å². The maximum Gasteiger partial charge on any atom is 0.0594 e. The van der Waals surface area contributed by atoms with Gasteiger partial charge in [-0.3, -0.25) is 0 Å². The Morgan fingerprint density at radius 3 is 2.35 bits per heavy atom. The maximum absolute atomic E-state index is 10.8. The van der Waals surface area contributed by atoms with E-state index in [0.29, 0.717) is 22.2 Å². The Hall–Kier alpha value is -0.560. The molecule has 1 nitrogen and oxygen atoms in total. The summed E-state index contributed by atoms with van der Waals surface area (Å²) in [6.45, 7) is 19.6. The Bertz CT molecular complexity index is 767. The molecule has 0 radical (unpaired) electrons. The van der Waals surface area contributed by atoms with E-state index in [1.807, 2.05) is 11.1 Å². The normalized spacial score (nSPS) is 44.9. The van der Waals surface area contributed by atoms with Gasteiger partial charge < -0.3 is 5.11 Å². The van der Waals surface area contributed by atoms with Gasteiger partial charge in [0.2, 0.25) is 0 Å². The highest BCUT2D eigenvalue weighted by atomic mass is 16.3. The summed E-state index contributed by atoms with van der Waals surface area (Å²) in [4.78, 5) is 0. The summed E-state index contributed by atoms with van der Waals surface area (Å²) < 4.78 is 0. The molecule has 4 aliphatic carbocycles. The van der Waals surface area contributed by atoms with E-state index in [2.05, 4.69) is 61.5 Å². The van der Waals surface area contributed by atoms with E-state index >= 15 is 0 Å². The van der Waals surface area contributed by atoms with Gasteiger partial charge in [-0.15, -0.1) is 0 Å². The van der Waals surface area contributed by atoms with Crippen molar-refractivity contribution in [3.63, 3.8) is 0 Å². The molecule has 0 aromatic carbocycles. The zero-order valence-electron chi connectivity index (χ0n) is 21.9. The largest absolute Gasteiger partial charge is 0.393 e. The van der Waals surface area contributed by atoms with Crippen molar-refractivity contribution >= 4 is 0 Å². The highest BCUT2D eigenvalue weighted by Gasteiger charge is 2.63. The van der Waals surface area contributed by atoms with Gasteiger partial charge in [0, 0.05) is 0 Å². The molecule has 31 heavy (non-hydrogen) atoms. The molecule has 0 bridgehead atoms. The van der Waals surface area contributed by atoms with Crippen molar-refractivity contribution in [3.05, 3.63) is 22.8 Å². The van der Waals surface area contributed by atoms with Gasteiger partial charge >= 0.3 is 0 Å². The van der Waals surface area contributed by atoms with Gasteiger partial charge in [-0.1, -0.05) is 64.3 Å². The second kappa shape index (κ2) is 7.75. The lowest BCUT2D eigenvalue weighted by molar-refractivity contribution is -0.0962. The van der Waals surface area contributed by atoms with Crippen LogP contribution in [0.1, 0.15) is 120 Å². The van der Waals surface area contributed by atoms with E-state index in [4.69, 9.17) is 0 Å². The monoisotopic (exact) mass is 426 g/mol. The van der Waals surface area contributed by atoms with Gasteiger partial charge in [0.25, 0.3) is 0 Å². The molecule has 1 heteroatoms. The molecular formula is C30H50O. The third-order valence-electron chi connectivity index (χ3n) is 11.7. The fourth-order valence-corrected chi connectivity index (χ4v) is 9.47. The quantitative estimate of drug-likeness (QED) is 0.447. The minimum absolute atomic E-state index is 0.0465. The number of aliphatic hydroxyl groups excluding tert-OH is 1. The van der Waals surface area contributed by atoms with Crippen molar-refractivity contribution in [2.75, 3.05) is 0 Å². The molecule has 1 N–H and O–H groups in total. The average molecular weight is 427 g/mol. The lowest BCUT2D eigenvalue weighted by atomic mass is 9.43. The van der Waals surface area contributed by atoms with Crippen LogP contribution in [0, 0.1) is 39.4 Å². The summed E-state index contributed by atoms with van der Waals surface area (Å²) in [7, 11) is 0. The summed E-state index contributed by atoms with van der Waals surface area (Å²) in [6.07, 6.45) is 15.2. The first kappa shape index (κ1) is 23.6. The van der Waals surface area contributed by atoms with E-state index in [0.717, 1.165) is 18.3 Å². The Kier molecular flexibility index (Phi) is 5.90. The third kappa shape index (κ3) is 3.34. The summed E-state index contributed by atoms with van der Waals surface area (Å²) >= 11 is 0. The Morgan fingerprint density at radius 1 is 0.968 bits per heavy atom. The first-order valence-electron chi connectivity index (χ1n) is 13.4. The van der Waals surface area contributed by atoms with Crippen molar-refractivity contribution in [2.24, 2.45) is 39.4 Å². The maximum atomic E-state index is 10.8. The summed E-state index contributed by atoms with van der Waals surface area (Å²) in [5.74, 6) is 2.32. The van der Waals surface area contributed by atoms with Crippen molar-refractivity contribution in [1.29, 1.82) is 0 Å². The Morgan fingerprint density at radius 2 is 1.68 bits per heavy atom. The fraction of sp³-hybridized carbons (Fsp3) is 0.867. The minimum atomic E-state index is -0.130. The van der Waals surface area contributed by atoms with Crippen molar-refractivity contribution in [2.45, 2.75) is 126 Å². The van der Waals surface area contributed by atoms with Gasteiger partial charge in [-0.05, 0) is 117 Å². The first-order valence-corrected chi connectivity index (χ1v) is 13.4. The topological polar surface area (TPSA) is 20.2 Å². The van der Waals surface area contributed by atoms with Gasteiger partial charge in [0.1, 0.15) is 0 Å². The zero-order chi connectivity index (χ0) is 22.8. The molecule has 0 aromatic rings. The zero-order valence-corrected chi connectivity index (χ0v) is 21.9. The second-order valence-electron chi connectivity index (χ2n) is 13.6. The lowest BCUT2D eigenvalue weighted by Gasteiger charge is -2.62. The Labute approximate surface area is 193 Å². The predicted octanol–water partition coefficient (Wildman–Crippen LogP) is 8.48. The molecule has 4 rings (SSSR count). The number of aliphatic hydroxyl groups is 1. The number of rotatable bonds is 4. The molecular weight excluding hydrogens is 376 g/mol. The molecule has 0 amide bonds. The van der Waals surface area contributed by atoms with Gasteiger partial charge in [-0.25, -0.2) is 0 Å². The average Bonchev–Trinajstić information content (AvgIpc) is 2.96. The predicted molar refractivity (Wildman–Crippen MR) is 133 cm³/mol. The van der Waals surface area contributed by atoms with Crippen LogP contribution in [0.25, 0.3) is 0 Å². The van der Waals surface area contributed by atoms with Crippen LogP contribution in [0.4, 0.5) is 0 Å². The molecule has 0 spiro atoms. The molecule has 0 unspecified atom stereocenters. The van der Waals surface area contributed by atoms with Crippen LogP contribution in [0.2, 0.25) is 0 Å². The molecule has 0 aliphatic heterocycles. The van der Waals surface area contributed by atoms with Crippen LogP contribution in [0.15, 0.2) is 22.8 Å². The highest BCUT2D eigenvalue weighted by Crippen LogP contribution is 2.72. The standard InChI is InChI=1S/C30H50O/c1-20(2)10-9-11-21(3)22-14-18-30(8)24-12-13-25-27(4,5)26(31)16-17-28(25,6)23(24)15-19-29(22,30)7/h10,21-22,25-26,31H,9,11-19H2,1-8H3/t21-,22+,25+,26+,28-,29+,30-/m0/s1. The van der Waals surface area contributed by atoms with E-state index < -0.39 is 0 Å². The number of allylic oxidation sites excluding steroid dienone is 4. The van der Waals surface area contributed by atoms with Crippen LogP contribution in [-0.4, -0.2) is 11.2 Å². The molecule has 7 atom stereocenters. The summed E-state index contributed by atoms with van der Waals surface area (Å²) in [6, 6.07) is 0. The van der Waals surface area contributed by atoms with Crippen LogP contribution in [0.3, 0.4) is 0 Å². The molecule has 0 aromatic heterocycles. The first-order chi connectivity index (χ1) is 14.4. The summed E-state index contributed by atoms with van der Waals surface area (Å²) in [5, 5.41) is 10.8. The second-order valence-corrected chi connectivity index (χ2v) is 13.6. The number of hydrogen-bond acceptors (Lipinski definition) is 1. The summed E-state index contributed by atoms with van der Waals surface area (Å²) in [5.41, 5.74) is 6.41. The highest BCUT2D eigenvalue weighted by molar-refractivity contribution is 5.38. The van der Waals surface area contributed by atoms with Crippen LogP contribution in [0.5, 0.6) is 0 Å². The van der Waals surface area contributed by atoms with Crippen molar-refractivity contribution in [1.82, 2.24) is 0 Å². The number of fused-ring (bicyclic) bond motifs is 4. The van der Waals surface area contributed by atoms with Gasteiger partial charge in [-0.2, -0.15) is 0 Å². The smallest absolute Gasteiger partial charge is 0.0594 e. The van der Waals surface area contributed by atoms with Crippen LogP contribution >= 0.6 is 0 Å². The molecule has 2 fully saturated rings. The SMILES string of the molecule is CC(C)=CCC[C@H](C)[C@H]1CC[C@@]2(C)C3=C(CC[C@]12C)[C@]1(C)CC[C@@H](O)C(C)(C)[C@H]1CC3. The van der Waals surface area contributed by atoms with Crippen LogP contribution < -0.4 is 0 Å². The lowest BCUT2D eigenvalue weighted by Crippen LogP contribution is -2.55. The van der Waals surface area contributed by atoms with E-state index in [-0.39, 0.29) is 11.5 Å². The molecule has 0 saturated heterocycles. The van der Waals surface area contributed by atoms with Crippen molar-refractivity contribution < 1.29 is 5.11 Å². The molecule has 4 aliphatic rings. The van der Waals surface area contributed by atoms with Gasteiger partial charge in [0.05, 0.1) is 6.10 Å². The molecule has 2 saturated carbocycles. The van der Waals surface area contributed by atoms with E-state index in [1.165, 1.54) is 63.4 Å². The third-order valence-corrected chi connectivity index (χ3v) is 11.7. The molecule has 176 valence electrons. The minimum Gasteiger partial charge on any atom is -0.393 e. The van der Waals surface area contributed by atoms with E-state index in [9.17, 15) is 5.11 Å². The fourth-order valence-electron chi connectivity index (χ4n) is 9.47. The molecule has 0 heterocycles.